The smallest absolute Gasteiger partial charge is 0.356 e. The SMILES string of the molecule is COC(C)c1cnc2cc(C(=O)O)nn2c1. The Balaban J connectivity index is 2.49. The number of aromatic carboxylic acids is 1. The van der Waals surface area contributed by atoms with Crippen LogP contribution < -0.4 is 0 Å². The molecule has 1 atom stereocenters. The molecule has 6 heteroatoms. The first-order chi connectivity index (χ1) is 7.61. The van der Waals surface area contributed by atoms with Gasteiger partial charge in [-0.25, -0.2) is 14.3 Å². The van der Waals surface area contributed by atoms with Gasteiger partial charge in [-0.3, -0.25) is 0 Å². The van der Waals surface area contributed by atoms with E-state index in [9.17, 15) is 4.79 Å². The minimum Gasteiger partial charge on any atom is -0.476 e. The summed E-state index contributed by atoms with van der Waals surface area (Å²) in [6, 6.07) is 1.42. The third-order valence-electron chi connectivity index (χ3n) is 2.38. The van der Waals surface area contributed by atoms with Crippen molar-refractivity contribution in [2.45, 2.75) is 13.0 Å². The molecule has 0 amide bonds. The standard InChI is InChI=1S/C10H11N3O3/c1-6(16-2)7-4-11-9-3-8(10(14)15)12-13(9)5-7/h3-6H,1-2H3,(H,14,15). The predicted octanol–water partition coefficient (Wildman–Crippen LogP) is 1.13. The number of ether oxygens (including phenoxy) is 1. The van der Waals surface area contributed by atoms with Crippen LogP contribution in [0, 0.1) is 0 Å². The fourth-order valence-electron chi connectivity index (χ4n) is 1.34. The summed E-state index contributed by atoms with van der Waals surface area (Å²) < 4.78 is 6.58. The summed E-state index contributed by atoms with van der Waals surface area (Å²) in [4.78, 5) is 14.8. The molecule has 84 valence electrons. The lowest BCUT2D eigenvalue weighted by molar-refractivity contribution is 0.0690. The second-order valence-corrected chi connectivity index (χ2v) is 3.40. The second-order valence-electron chi connectivity index (χ2n) is 3.40. The number of aromatic nitrogens is 3. The topological polar surface area (TPSA) is 76.7 Å². The van der Waals surface area contributed by atoms with Gasteiger partial charge in [0.05, 0.1) is 6.10 Å². The molecule has 0 aliphatic heterocycles. The van der Waals surface area contributed by atoms with Gasteiger partial charge in [-0.2, -0.15) is 5.10 Å². The number of rotatable bonds is 3. The van der Waals surface area contributed by atoms with E-state index in [0.29, 0.717) is 5.65 Å². The molecule has 0 spiro atoms. The van der Waals surface area contributed by atoms with Crippen LogP contribution in [0.25, 0.3) is 5.65 Å². The van der Waals surface area contributed by atoms with Gasteiger partial charge in [0.2, 0.25) is 0 Å². The number of hydrogen-bond acceptors (Lipinski definition) is 4. The van der Waals surface area contributed by atoms with Gasteiger partial charge < -0.3 is 9.84 Å². The lowest BCUT2D eigenvalue weighted by Gasteiger charge is -2.08. The maximum Gasteiger partial charge on any atom is 0.356 e. The zero-order valence-corrected chi connectivity index (χ0v) is 8.91. The van der Waals surface area contributed by atoms with Crippen molar-refractivity contribution in [3.8, 4) is 0 Å². The van der Waals surface area contributed by atoms with E-state index in [2.05, 4.69) is 10.1 Å². The molecule has 2 rings (SSSR count). The van der Waals surface area contributed by atoms with Crippen LogP contribution in [0.1, 0.15) is 29.1 Å². The highest BCUT2D eigenvalue weighted by molar-refractivity contribution is 5.86. The van der Waals surface area contributed by atoms with Crippen molar-refractivity contribution in [2.75, 3.05) is 7.11 Å². The highest BCUT2D eigenvalue weighted by Gasteiger charge is 2.11. The largest absolute Gasteiger partial charge is 0.476 e. The van der Waals surface area contributed by atoms with E-state index in [1.807, 2.05) is 6.92 Å². The Kier molecular flexibility index (Phi) is 2.57. The third kappa shape index (κ3) is 1.74. The monoisotopic (exact) mass is 221 g/mol. The molecule has 0 aromatic carbocycles. The summed E-state index contributed by atoms with van der Waals surface area (Å²) in [5.41, 5.74) is 1.33. The van der Waals surface area contributed by atoms with Crippen molar-refractivity contribution >= 4 is 11.6 Å². The van der Waals surface area contributed by atoms with Gasteiger partial charge in [-0.05, 0) is 6.92 Å². The Morgan fingerprint density at radius 2 is 2.38 bits per heavy atom. The molecule has 16 heavy (non-hydrogen) atoms. The molecule has 1 unspecified atom stereocenters. The van der Waals surface area contributed by atoms with Gasteiger partial charge >= 0.3 is 5.97 Å². The Morgan fingerprint density at radius 1 is 1.62 bits per heavy atom. The molecule has 6 nitrogen and oxygen atoms in total. The third-order valence-corrected chi connectivity index (χ3v) is 2.38. The van der Waals surface area contributed by atoms with Crippen LogP contribution in [0.5, 0.6) is 0 Å². The first kappa shape index (κ1) is 10.6. The molecule has 2 aromatic rings. The molecule has 0 aliphatic carbocycles. The fourth-order valence-corrected chi connectivity index (χ4v) is 1.34. The minimum atomic E-state index is -1.06. The van der Waals surface area contributed by atoms with Crippen LogP contribution >= 0.6 is 0 Å². The van der Waals surface area contributed by atoms with Crippen molar-refractivity contribution < 1.29 is 14.6 Å². The van der Waals surface area contributed by atoms with Gasteiger partial charge in [-0.1, -0.05) is 0 Å². The van der Waals surface area contributed by atoms with E-state index in [1.54, 1.807) is 19.5 Å². The Morgan fingerprint density at radius 3 is 3.00 bits per heavy atom. The summed E-state index contributed by atoms with van der Waals surface area (Å²) in [6.45, 7) is 1.88. The molecule has 0 fully saturated rings. The molecular weight excluding hydrogens is 210 g/mol. The average Bonchev–Trinajstić information content (AvgIpc) is 2.70. The van der Waals surface area contributed by atoms with Gasteiger partial charge in [0.1, 0.15) is 0 Å². The quantitative estimate of drug-likeness (QED) is 0.840. The molecule has 2 aromatic heterocycles. The van der Waals surface area contributed by atoms with E-state index in [0.717, 1.165) is 5.56 Å². The van der Waals surface area contributed by atoms with Crippen LogP contribution in [-0.2, 0) is 4.74 Å². The average molecular weight is 221 g/mol. The number of hydrogen-bond donors (Lipinski definition) is 1. The summed E-state index contributed by atoms with van der Waals surface area (Å²) >= 11 is 0. The van der Waals surface area contributed by atoms with E-state index >= 15 is 0 Å². The van der Waals surface area contributed by atoms with Crippen LogP contribution in [0.15, 0.2) is 18.5 Å². The van der Waals surface area contributed by atoms with Gasteiger partial charge in [0.25, 0.3) is 0 Å². The zero-order chi connectivity index (χ0) is 11.7. The van der Waals surface area contributed by atoms with Crippen molar-refractivity contribution in [3.05, 3.63) is 29.7 Å². The highest BCUT2D eigenvalue weighted by atomic mass is 16.5. The minimum absolute atomic E-state index is 0.0188. The molecule has 0 saturated heterocycles. The molecule has 2 heterocycles. The fraction of sp³-hybridized carbons (Fsp3) is 0.300. The van der Waals surface area contributed by atoms with Crippen LogP contribution in [0.2, 0.25) is 0 Å². The number of carboxylic acids is 1. The number of carbonyl (C=O) groups is 1. The molecule has 0 radical (unpaired) electrons. The van der Waals surface area contributed by atoms with Gasteiger partial charge in [0, 0.05) is 31.1 Å². The number of carboxylic acid groups (broad SMARTS) is 1. The highest BCUT2D eigenvalue weighted by Crippen LogP contribution is 2.15. The molecule has 1 N–H and O–H groups in total. The number of fused-ring (bicyclic) bond motifs is 1. The Hall–Kier alpha value is -1.95. The Labute approximate surface area is 91.5 Å². The predicted molar refractivity (Wildman–Crippen MR) is 55.4 cm³/mol. The summed E-state index contributed by atoms with van der Waals surface area (Å²) in [7, 11) is 1.60. The lowest BCUT2D eigenvalue weighted by atomic mass is 10.2. The number of methoxy groups -OCH3 is 1. The van der Waals surface area contributed by atoms with Crippen molar-refractivity contribution in [3.63, 3.8) is 0 Å². The number of nitrogens with zero attached hydrogens (tertiary/aromatic N) is 3. The lowest BCUT2D eigenvalue weighted by Crippen LogP contribution is -2.01. The first-order valence-corrected chi connectivity index (χ1v) is 4.73. The molecule has 0 aliphatic rings. The zero-order valence-electron chi connectivity index (χ0n) is 8.91. The van der Waals surface area contributed by atoms with E-state index in [4.69, 9.17) is 9.84 Å². The maximum absolute atomic E-state index is 10.7. The summed E-state index contributed by atoms with van der Waals surface area (Å²) in [5, 5.41) is 12.7. The summed E-state index contributed by atoms with van der Waals surface area (Å²) in [6.07, 6.45) is 3.26. The van der Waals surface area contributed by atoms with E-state index in [-0.39, 0.29) is 11.8 Å². The van der Waals surface area contributed by atoms with Crippen molar-refractivity contribution in [2.24, 2.45) is 0 Å². The summed E-state index contributed by atoms with van der Waals surface area (Å²) in [5.74, 6) is -1.06. The van der Waals surface area contributed by atoms with E-state index < -0.39 is 5.97 Å². The van der Waals surface area contributed by atoms with Crippen molar-refractivity contribution in [1.82, 2.24) is 14.6 Å². The van der Waals surface area contributed by atoms with Gasteiger partial charge in [-0.15, -0.1) is 0 Å². The Bertz CT molecular complexity index is 535. The maximum atomic E-state index is 10.7. The second kappa shape index (κ2) is 3.90. The van der Waals surface area contributed by atoms with Crippen LogP contribution in [-0.4, -0.2) is 32.8 Å². The van der Waals surface area contributed by atoms with Crippen LogP contribution in [0.3, 0.4) is 0 Å². The van der Waals surface area contributed by atoms with Crippen LogP contribution in [0.4, 0.5) is 0 Å². The normalized spacial score (nSPS) is 12.9. The van der Waals surface area contributed by atoms with Crippen molar-refractivity contribution in [1.29, 1.82) is 0 Å². The molecule has 0 saturated carbocycles. The first-order valence-electron chi connectivity index (χ1n) is 4.73. The van der Waals surface area contributed by atoms with E-state index in [1.165, 1.54) is 10.6 Å². The molecule has 0 bridgehead atoms. The van der Waals surface area contributed by atoms with Gasteiger partial charge in [0.15, 0.2) is 11.3 Å². The molecular formula is C10H11N3O3.